The van der Waals surface area contributed by atoms with Gasteiger partial charge in [0.2, 0.25) is 5.91 Å². The first-order chi connectivity index (χ1) is 8.16. The highest BCUT2D eigenvalue weighted by molar-refractivity contribution is 5.94. The molecule has 2 N–H and O–H groups in total. The minimum atomic E-state index is -0.219. The number of aromatic nitrogens is 2. The number of aryl methyl sites for hydroxylation is 1. The van der Waals surface area contributed by atoms with Gasteiger partial charge in [-0.2, -0.15) is 5.10 Å². The van der Waals surface area contributed by atoms with E-state index in [0.29, 0.717) is 5.82 Å². The second-order valence-electron chi connectivity index (χ2n) is 4.71. The van der Waals surface area contributed by atoms with Gasteiger partial charge in [-0.1, -0.05) is 6.92 Å². The van der Waals surface area contributed by atoms with Crippen LogP contribution < -0.4 is 10.6 Å². The van der Waals surface area contributed by atoms with Crippen molar-refractivity contribution in [2.45, 2.75) is 26.2 Å². The third kappa shape index (κ3) is 2.49. The van der Waals surface area contributed by atoms with Crippen LogP contribution in [0, 0.1) is 5.41 Å². The van der Waals surface area contributed by atoms with Crippen molar-refractivity contribution in [3.8, 4) is 0 Å². The molecule has 1 saturated heterocycles. The molecule has 5 nitrogen and oxygen atoms in total. The van der Waals surface area contributed by atoms with Gasteiger partial charge in [-0.15, -0.1) is 0 Å². The van der Waals surface area contributed by atoms with Crippen molar-refractivity contribution in [2.75, 3.05) is 18.4 Å². The Labute approximate surface area is 102 Å². The molecule has 1 aromatic rings. The van der Waals surface area contributed by atoms with Crippen molar-refractivity contribution in [3.63, 3.8) is 0 Å². The fourth-order valence-corrected chi connectivity index (χ4v) is 2.38. The molecule has 1 aliphatic heterocycles. The molecule has 94 valence electrons. The van der Waals surface area contributed by atoms with Crippen LogP contribution in [0.4, 0.5) is 5.82 Å². The first-order valence-electron chi connectivity index (χ1n) is 6.18. The molecular weight excluding hydrogens is 216 g/mol. The maximum absolute atomic E-state index is 12.3. The third-order valence-electron chi connectivity index (χ3n) is 3.67. The number of hydrogen-bond acceptors (Lipinski definition) is 3. The molecule has 0 atom stereocenters. The van der Waals surface area contributed by atoms with Crippen molar-refractivity contribution in [2.24, 2.45) is 12.5 Å². The highest BCUT2D eigenvalue weighted by atomic mass is 16.2. The average Bonchev–Trinajstić information content (AvgIpc) is 2.75. The number of piperidine rings is 1. The van der Waals surface area contributed by atoms with E-state index in [2.05, 4.69) is 22.7 Å². The Hall–Kier alpha value is -1.36. The summed E-state index contributed by atoms with van der Waals surface area (Å²) in [6, 6.07) is 1.82. The number of carbonyl (C=O) groups excluding carboxylic acids is 1. The molecule has 1 aliphatic rings. The fraction of sp³-hybridized carbons (Fsp3) is 0.667. The molecule has 0 aliphatic carbocycles. The van der Waals surface area contributed by atoms with E-state index in [1.807, 2.05) is 19.3 Å². The molecule has 0 saturated carbocycles. The summed E-state index contributed by atoms with van der Waals surface area (Å²) in [5.41, 5.74) is -0.219. The summed E-state index contributed by atoms with van der Waals surface area (Å²) in [7, 11) is 1.84. The Balaban J connectivity index is 2.07. The number of amides is 1. The zero-order valence-corrected chi connectivity index (χ0v) is 10.5. The van der Waals surface area contributed by atoms with E-state index in [4.69, 9.17) is 0 Å². The lowest BCUT2D eigenvalue weighted by Crippen LogP contribution is -2.44. The van der Waals surface area contributed by atoms with E-state index in [1.165, 1.54) is 0 Å². The van der Waals surface area contributed by atoms with Crippen LogP contribution in [-0.4, -0.2) is 28.8 Å². The van der Waals surface area contributed by atoms with Crippen LogP contribution in [0.2, 0.25) is 0 Å². The van der Waals surface area contributed by atoms with E-state index in [0.717, 1.165) is 32.4 Å². The monoisotopic (exact) mass is 236 g/mol. The SMILES string of the molecule is CCC1(C(=O)Nc2ccn(C)n2)CCNCC1. The van der Waals surface area contributed by atoms with Crippen LogP contribution in [0.3, 0.4) is 0 Å². The van der Waals surface area contributed by atoms with Gasteiger partial charge >= 0.3 is 0 Å². The van der Waals surface area contributed by atoms with E-state index >= 15 is 0 Å². The van der Waals surface area contributed by atoms with Crippen molar-refractivity contribution in [1.82, 2.24) is 15.1 Å². The molecule has 0 bridgehead atoms. The summed E-state index contributed by atoms with van der Waals surface area (Å²) in [6.45, 7) is 3.93. The van der Waals surface area contributed by atoms with E-state index in [-0.39, 0.29) is 11.3 Å². The zero-order valence-electron chi connectivity index (χ0n) is 10.5. The van der Waals surface area contributed by atoms with Gasteiger partial charge in [0.05, 0.1) is 5.41 Å². The fourth-order valence-electron chi connectivity index (χ4n) is 2.38. The molecule has 2 heterocycles. The zero-order chi connectivity index (χ0) is 12.3. The lowest BCUT2D eigenvalue weighted by atomic mass is 9.76. The quantitative estimate of drug-likeness (QED) is 0.827. The maximum Gasteiger partial charge on any atom is 0.231 e. The van der Waals surface area contributed by atoms with Gasteiger partial charge in [-0.25, -0.2) is 0 Å². The Morgan fingerprint density at radius 3 is 2.82 bits per heavy atom. The maximum atomic E-state index is 12.3. The molecular formula is C12H20N4O. The van der Waals surface area contributed by atoms with Crippen molar-refractivity contribution in [1.29, 1.82) is 0 Å². The summed E-state index contributed by atoms with van der Waals surface area (Å²) >= 11 is 0. The Kier molecular flexibility index (Phi) is 3.47. The van der Waals surface area contributed by atoms with E-state index in [9.17, 15) is 4.79 Å². The van der Waals surface area contributed by atoms with E-state index in [1.54, 1.807) is 4.68 Å². The molecule has 2 rings (SSSR count). The van der Waals surface area contributed by atoms with Gasteiger partial charge < -0.3 is 10.6 Å². The van der Waals surface area contributed by atoms with Crippen molar-refractivity contribution >= 4 is 11.7 Å². The largest absolute Gasteiger partial charge is 0.317 e. The topological polar surface area (TPSA) is 59.0 Å². The molecule has 1 fully saturated rings. The molecule has 17 heavy (non-hydrogen) atoms. The second kappa shape index (κ2) is 4.87. The molecule has 1 aromatic heterocycles. The Morgan fingerprint density at radius 2 is 2.29 bits per heavy atom. The molecule has 0 unspecified atom stereocenters. The lowest BCUT2D eigenvalue weighted by molar-refractivity contribution is -0.127. The number of rotatable bonds is 3. The normalized spacial score (nSPS) is 18.9. The van der Waals surface area contributed by atoms with Gasteiger partial charge in [0.15, 0.2) is 5.82 Å². The van der Waals surface area contributed by atoms with Crippen LogP contribution in [0.15, 0.2) is 12.3 Å². The van der Waals surface area contributed by atoms with Gasteiger partial charge in [0.1, 0.15) is 0 Å². The Bertz CT molecular complexity index is 393. The summed E-state index contributed by atoms with van der Waals surface area (Å²) in [6.07, 6.45) is 4.52. The highest BCUT2D eigenvalue weighted by Crippen LogP contribution is 2.33. The van der Waals surface area contributed by atoms with Crippen LogP contribution in [0.25, 0.3) is 0 Å². The van der Waals surface area contributed by atoms with Gasteiger partial charge in [0.25, 0.3) is 0 Å². The van der Waals surface area contributed by atoms with Crippen molar-refractivity contribution < 1.29 is 4.79 Å². The summed E-state index contributed by atoms with van der Waals surface area (Å²) in [5, 5.41) is 10.4. The standard InChI is InChI=1S/C12H20N4O/c1-3-12(5-7-13-8-6-12)11(17)14-10-4-9-16(2)15-10/h4,9,13H,3,5-8H2,1-2H3,(H,14,15,17). The van der Waals surface area contributed by atoms with Crippen LogP contribution in [0.1, 0.15) is 26.2 Å². The van der Waals surface area contributed by atoms with Gasteiger partial charge in [-0.3, -0.25) is 9.48 Å². The lowest BCUT2D eigenvalue weighted by Gasteiger charge is -2.35. The number of nitrogens with one attached hydrogen (secondary N) is 2. The van der Waals surface area contributed by atoms with Crippen LogP contribution >= 0.6 is 0 Å². The first-order valence-corrected chi connectivity index (χ1v) is 6.18. The average molecular weight is 236 g/mol. The Morgan fingerprint density at radius 1 is 1.59 bits per heavy atom. The number of anilines is 1. The van der Waals surface area contributed by atoms with Gasteiger partial charge in [-0.05, 0) is 32.4 Å². The van der Waals surface area contributed by atoms with Crippen LogP contribution in [-0.2, 0) is 11.8 Å². The van der Waals surface area contributed by atoms with Crippen molar-refractivity contribution in [3.05, 3.63) is 12.3 Å². The predicted octanol–water partition coefficient (Wildman–Crippen LogP) is 1.14. The summed E-state index contributed by atoms with van der Waals surface area (Å²) in [5.74, 6) is 0.754. The van der Waals surface area contributed by atoms with Gasteiger partial charge in [0, 0.05) is 19.3 Å². The number of nitrogens with zero attached hydrogens (tertiary/aromatic N) is 2. The predicted molar refractivity (Wildman–Crippen MR) is 66.7 cm³/mol. The number of hydrogen-bond donors (Lipinski definition) is 2. The molecule has 0 radical (unpaired) electrons. The molecule has 0 aromatic carbocycles. The van der Waals surface area contributed by atoms with Crippen LogP contribution in [0.5, 0.6) is 0 Å². The number of carbonyl (C=O) groups is 1. The molecule has 5 heteroatoms. The first kappa shape index (κ1) is 12.1. The summed E-state index contributed by atoms with van der Waals surface area (Å²) < 4.78 is 1.69. The minimum Gasteiger partial charge on any atom is -0.317 e. The minimum absolute atomic E-state index is 0.111. The van der Waals surface area contributed by atoms with E-state index < -0.39 is 0 Å². The molecule has 1 amide bonds. The second-order valence-corrected chi connectivity index (χ2v) is 4.71. The third-order valence-corrected chi connectivity index (χ3v) is 3.67. The molecule has 0 spiro atoms. The summed E-state index contributed by atoms with van der Waals surface area (Å²) in [4.78, 5) is 12.3. The smallest absolute Gasteiger partial charge is 0.231 e. The highest BCUT2D eigenvalue weighted by Gasteiger charge is 2.37.